The second kappa shape index (κ2) is 8.87. The van der Waals surface area contributed by atoms with E-state index in [0.29, 0.717) is 16.7 Å². The Balaban J connectivity index is 1.59. The fourth-order valence-corrected chi connectivity index (χ4v) is 3.62. The molecule has 2 heterocycles. The highest BCUT2D eigenvalue weighted by atomic mass is 32.2. The Morgan fingerprint density at radius 3 is 2.57 bits per heavy atom. The van der Waals surface area contributed by atoms with E-state index < -0.39 is 5.82 Å². The van der Waals surface area contributed by atoms with Crippen molar-refractivity contribution < 1.29 is 9.18 Å². The number of nitrogens with zero attached hydrogens (tertiary/aromatic N) is 4. The number of carbonyl (C=O) groups is 1. The lowest BCUT2D eigenvalue weighted by molar-refractivity contribution is -0.113. The lowest BCUT2D eigenvalue weighted by Gasteiger charge is -2.11. The number of nitrogens with one attached hydrogen (secondary N) is 1. The summed E-state index contributed by atoms with van der Waals surface area (Å²) >= 11 is 1.26. The zero-order valence-corrected chi connectivity index (χ0v) is 16.9. The van der Waals surface area contributed by atoms with Crippen LogP contribution in [0.15, 0.2) is 78.2 Å². The number of thioether (sulfide) groups is 1. The van der Waals surface area contributed by atoms with E-state index in [-0.39, 0.29) is 11.7 Å². The van der Waals surface area contributed by atoms with E-state index in [4.69, 9.17) is 0 Å². The average Bonchev–Trinajstić information content (AvgIpc) is 3.17. The van der Waals surface area contributed by atoms with Gasteiger partial charge in [-0.05, 0) is 49.4 Å². The zero-order valence-electron chi connectivity index (χ0n) is 16.1. The minimum absolute atomic E-state index is 0.108. The predicted molar refractivity (Wildman–Crippen MR) is 115 cm³/mol. The molecule has 4 aromatic rings. The zero-order chi connectivity index (χ0) is 20.9. The number of halogens is 1. The molecule has 0 saturated heterocycles. The molecule has 0 aliphatic rings. The fourth-order valence-electron chi connectivity index (χ4n) is 2.87. The van der Waals surface area contributed by atoms with Crippen LogP contribution in [0, 0.1) is 12.7 Å². The maximum Gasteiger partial charge on any atom is 0.234 e. The summed E-state index contributed by atoms with van der Waals surface area (Å²) in [6.45, 7) is 2.02. The van der Waals surface area contributed by atoms with E-state index in [1.165, 1.54) is 23.9 Å². The third-order valence-electron chi connectivity index (χ3n) is 4.30. The predicted octanol–water partition coefficient (Wildman–Crippen LogP) is 4.51. The van der Waals surface area contributed by atoms with E-state index in [1.807, 2.05) is 47.9 Å². The number of carbonyl (C=O) groups excluding carboxylic acids is 1. The maximum atomic E-state index is 13.3. The van der Waals surface area contributed by atoms with Crippen LogP contribution in [0.2, 0.25) is 0 Å². The standard InChI is InChI=1S/C22H18FN5OS/c1-15-5-7-19(8-6-15)28-21(16-9-11-24-12-10-16)26-27-22(28)30-14-20(29)25-18-4-2-3-17(23)13-18/h2-13H,14H2,1H3,(H,25,29). The normalized spacial score (nSPS) is 10.7. The van der Waals surface area contributed by atoms with Crippen molar-refractivity contribution in [2.24, 2.45) is 0 Å². The fraction of sp³-hybridized carbons (Fsp3) is 0.0909. The van der Waals surface area contributed by atoms with Crippen molar-refractivity contribution in [2.45, 2.75) is 12.1 Å². The van der Waals surface area contributed by atoms with Crippen LogP contribution >= 0.6 is 11.8 Å². The summed E-state index contributed by atoms with van der Waals surface area (Å²) in [6, 6.07) is 17.5. The van der Waals surface area contributed by atoms with Crippen molar-refractivity contribution in [3.63, 3.8) is 0 Å². The minimum atomic E-state index is -0.401. The van der Waals surface area contributed by atoms with Crippen molar-refractivity contribution in [3.8, 4) is 17.1 Å². The minimum Gasteiger partial charge on any atom is -0.325 e. The van der Waals surface area contributed by atoms with Gasteiger partial charge in [-0.1, -0.05) is 35.5 Å². The van der Waals surface area contributed by atoms with Gasteiger partial charge in [-0.2, -0.15) is 0 Å². The highest BCUT2D eigenvalue weighted by Gasteiger charge is 2.17. The van der Waals surface area contributed by atoms with E-state index in [0.717, 1.165) is 16.8 Å². The smallest absolute Gasteiger partial charge is 0.234 e. The van der Waals surface area contributed by atoms with E-state index >= 15 is 0 Å². The van der Waals surface area contributed by atoms with Crippen LogP contribution < -0.4 is 5.32 Å². The number of rotatable bonds is 6. The van der Waals surface area contributed by atoms with Crippen LogP contribution in [0.4, 0.5) is 10.1 Å². The van der Waals surface area contributed by atoms with Gasteiger partial charge in [0.25, 0.3) is 0 Å². The van der Waals surface area contributed by atoms with Crippen LogP contribution in [0.1, 0.15) is 5.56 Å². The number of aryl methyl sites for hydroxylation is 1. The molecule has 2 aromatic carbocycles. The molecule has 30 heavy (non-hydrogen) atoms. The maximum absolute atomic E-state index is 13.3. The van der Waals surface area contributed by atoms with Gasteiger partial charge in [0.15, 0.2) is 11.0 Å². The second-order valence-corrected chi connectivity index (χ2v) is 7.50. The molecule has 4 rings (SSSR count). The summed E-state index contributed by atoms with van der Waals surface area (Å²) < 4.78 is 15.2. The molecule has 0 radical (unpaired) electrons. The molecule has 2 aromatic heterocycles. The first kappa shape index (κ1) is 19.8. The van der Waals surface area contributed by atoms with Crippen LogP contribution in [0.3, 0.4) is 0 Å². The lowest BCUT2D eigenvalue weighted by Crippen LogP contribution is -2.14. The molecule has 8 heteroatoms. The van der Waals surface area contributed by atoms with Gasteiger partial charge in [-0.25, -0.2) is 4.39 Å². The van der Waals surface area contributed by atoms with Crippen molar-refractivity contribution in [3.05, 3.63) is 84.4 Å². The van der Waals surface area contributed by atoms with Crippen LogP contribution in [-0.4, -0.2) is 31.4 Å². The third kappa shape index (κ3) is 4.55. The number of amides is 1. The topological polar surface area (TPSA) is 72.7 Å². The van der Waals surface area contributed by atoms with Crippen molar-refractivity contribution in [1.82, 2.24) is 19.7 Å². The lowest BCUT2D eigenvalue weighted by atomic mass is 10.2. The van der Waals surface area contributed by atoms with Crippen molar-refractivity contribution in [2.75, 3.05) is 11.1 Å². The summed E-state index contributed by atoms with van der Waals surface area (Å²) in [5.41, 5.74) is 3.32. The van der Waals surface area contributed by atoms with E-state index in [2.05, 4.69) is 20.5 Å². The van der Waals surface area contributed by atoms with Crippen molar-refractivity contribution in [1.29, 1.82) is 0 Å². The van der Waals surface area contributed by atoms with Gasteiger partial charge in [0, 0.05) is 29.3 Å². The Labute approximate surface area is 177 Å². The molecule has 0 unspecified atom stereocenters. The molecule has 0 saturated carbocycles. The molecule has 0 atom stereocenters. The number of hydrogen-bond donors (Lipinski definition) is 1. The number of anilines is 1. The Morgan fingerprint density at radius 2 is 1.83 bits per heavy atom. The van der Waals surface area contributed by atoms with E-state index in [1.54, 1.807) is 24.5 Å². The highest BCUT2D eigenvalue weighted by molar-refractivity contribution is 7.99. The summed E-state index contributed by atoms with van der Waals surface area (Å²) in [7, 11) is 0. The molecule has 1 amide bonds. The summed E-state index contributed by atoms with van der Waals surface area (Å²) in [6.07, 6.45) is 3.39. The first-order chi connectivity index (χ1) is 14.6. The Hall–Kier alpha value is -3.52. The highest BCUT2D eigenvalue weighted by Crippen LogP contribution is 2.28. The van der Waals surface area contributed by atoms with Gasteiger partial charge >= 0.3 is 0 Å². The number of pyridine rings is 1. The average molecular weight is 419 g/mol. The van der Waals surface area contributed by atoms with Gasteiger partial charge < -0.3 is 5.32 Å². The Kier molecular flexibility index (Phi) is 5.85. The van der Waals surface area contributed by atoms with Crippen LogP contribution in [0.5, 0.6) is 0 Å². The Bertz CT molecular complexity index is 1160. The summed E-state index contributed by atoms with van der Waals surface area (Å²) in [4.78, 5) is 16.4. The van der Waals surface area contributed by atoms with Crippen LogP contribution in [0.25, 0.3) is 17.1 Å². The monoisotopic (exact) mass is 419 g/mol. The first-order valence-corrected chi connectivity index (χ1v) is 10.2. The SMILES string of the molecule is Cc1ccc(-n2c(SCC(=O)Nc3cccc(F)c3)nnc2-c2ccncc2)cc1. The van der Waals surface area contributed by atoms with Crippen molar-refractivity contribution >= 4 is 23.4 Å². The van der Waals surface area contributed by atoms with Gasteiger partial charge in [-0.15, -0.1) is 10.2 Å². The number of hydrogen-bond acceptors (Lipinski definition) is 5. The Morgan fingerprint density at radius 1 is 1.07 bits per heavy atom. The first-order valence-electron chi connectivity index (χ1n) is 9.21. The third-order valence-corrected chi connectivity index (χ3v) is 5.23. The van der Waals surface area contributed by atoms with Gasteiger partial charge in [0.1, 0.15) is 5.82 Å². The molecule has 0 aliphatic carbocycles. The molecule has 150 valence electrons. The van der Waals surface area contributed by atoms with Gasteiger partial charge in [0.05, 0.1) is 5.75 Å². The molecule has 0 bridgehead atoms. The summed E-state index contributed by atoms with van der Waals surface area (Å²) in [5.74, 6) is 0.113. The molecule has 0 fully saturated rings. The number of benzene rings is 2. The van der Waals surface area contributed by atoms with Gasteiger partial charge in [-0.3, -0.25) is 14.3 Å². The molecule has 0 spiro atoms. The molecular weight excluding hydrogens is 401 g/mol. The molecular formula is C22H18FN5OS. The molecule has 0 aliphatic heterocycles. The quantitative estimate of drug-likeness (QED) is 0.466. The molecule has 1 N–H and O–H groups in total. The number of aromatic nitrogens is 4. The molecule has 6 nitrogen and oxygen atoms in total. The summed E-state index contributed by atoms with van der Waals surface area (Å²) in [5, 5.41) is 11.9. The largest absolute Gasteiger partial charge is 0.325 e. The van der Waals surface area contributed by atoms with Gasteiger partial charge in [0.2, 0.25) is 5.91 Å². The second-order valence-electron chi connectivity index (χ2n) is 6.56. The van der Waals surface area contributed by atoms with E-state index in [9.17, 15) is 9.18 Å². The van der Waals surface area contributed by atoms with Crippen LogP contribution in [-0.2, 0) is 4.79 Å².